The van der Waals surface area contributed by atoms with Crippen molar-refractivity contribution in [1.29, 1.82) is 0 Å². The highest BCUT2D eigenvalue weighted by Gasteiger charge is 2.06. The Hall–Kier alpha value is -0.740. The normalized spacial score (nSPS) is 10.3. The van der Waals surface area contributed by atoms with E-state index in [2.05, 4.69) is 25.9 Å². The smallest absolute Gasteiger partial charge is 0.143 e. The summed E-state index contributed by atoms with van der Waals surface area (Å²) in [5.41, 5.74) is 0.932. The zero-order valence-corrected chi connectivity index (χ0v) is 9.39. The summed E-state index contributed by atoms with van der Waals surface area (Å²) in [4.78, 5) is 9.76. The van der Waals surface area contributed by atoms with Gasteiger partial charge in [-0.25, -0.2) is 4.98 Å². The van der Waals surface area contributed by atoms with E-state index in [9.17, 15) is 0 Å². The summed E-state index contributed by atoms with van der Waals surface area (Å²) in [6.45, 7) is 2.04. The van der Waals surface area contributed by atoms with E-state index in [1.807, 2.05) is 25.1 Å². The second-order valence-electron chi connectivity index (χ2n) is 2.58. The summed E-state index contributed by atoms with van der Waals surface area (Å²) in [7, 11) is 0. The number of hydrogen-bond acceptors (Lipinski definition) is 3. The van der Waals surface area contributed by atoms with Crippen LogP contribution in [0.2, 0.25) is 0 Å². The Morgan fingerprint density at radius 2 is 2.23 bits per heavy atom. The number of hydrogen-bond donors (Lipinski definition) is 0. The third-order valence-corrected chi connectivity index (χ3v) is 3.65. The molecule has 0 aromatic carbocycles. The second kappa shape index (κ2) is 3.55. The molecule has 0 fully saturated rings. The van der Waals surface area contributed by atoms with E-state index in [-0.39, 0.29) is 0 Å². The van der Waals surface area contributed by atoms with Crippen LogP contribution in [0.5, 0.6) is 0 Å². The fourth-order valence-electron chi connectivity index (χ4n) is 0.977. The standard InChI is InChI=1S/C9H7BrN2S/c1-6-8(10)12-9(13-6)7-4-2-3-5-11-7/h2-5H,1H3. The zero-order valence-electron chi connectivity index (χ0n) is 6.99. The van der Waals surface area contributed by atoms with E-state index in [4.69, 9.17) is 0 Å². The highest BCUT2D eigenvalue weighted by Crippen LogP contribution is 2.28. The molecule has 0 amide bonds. The van der Waals surface area contributed by atoms with Crippen LogP contribution >= 0.6 is 27.3 Å². The van der Waals surface area contributed by atoms with Crippen molar-refractivity contribution < 1.29 is 0 Å². The minimum atomic E-state index is 0.915. The van der Waals surface area contributed by atoms with Crippen molar-refractivity contribution in [1.82, 2.24) is 9.97 Å². The van der Waals surface area contributed by atoms with Crippen LogP contribution in [-0.4, -0.2) is 9.97 Å². The predicted molar refractivity (Wildman–Crippen MR) is 57.8 cm³/mol. The van der Waals surface area contributed by atoms with Gasteiger partial charge in [0.25, 0.3) is 0 Å². The third kappa shape index (κ3) is 1.78. The van der Waals surface area contributed by atoms with E-state index in [0.717, 1.165) is 15.3 Å². The van der Waals surface area contributed by atoms with Crippen molar-refractivity contribution in [2.24, 2.45) is 0 Å². The first-order valence-corrected chi connectivity index (χ1v) is 5.42. The maximum Gasteiger partial charge on any atom is 0.143 e. The van der Waals surface area contributed by atoms with Gasteiger partial charge < -0.3 is 0 Å². The highest BCUT2D eigenvalue weighted by molar-refractivity contribution is 9.10. The number of aryl methyl sites for hydroxylation is 1. The molecule has 13 heavy (non-hydrogen) atoms. The molecule has 2 aromatic heterocycles. The first-order chi connectivity index (χ1) is 6.27. The topological polar surface area (TPSA) is 25.8 Å². The van der Waals surface area contributed by atoms with Crippen LogP contribution in [0.4, 0.5) is 0 Å². The summed E-state index contributed by atoms with van der Waals surface area (Å²) in [5, 5.41) is 0.963. The molecule has 2 nitrogen and oxygen atoms in total. The lowest BCUT2D eigenvalue weighted by Crippen LogP contribution is -1.78. The molecule has 0 saturated heterocycles. The lowest BCUT2D eigenvalue weighted by molar-refractivity contribution is 1.26. The van der Waals surface area contributed by atoms with Crippen molar-refractivity contribution >= 4 is 27.3 Å². The van der Waals surface area contributed by atoms with Crippen LogP contribution in [0.1, 0.15) is 4.88 Å². The van der Waals surface area contributed by atoms with E-state index < -0.39 is 0 Å². The Balaban J connectivity index is 2.48. The molecule has 0 saturated carbocycles. The third-order valence-electron chi connectivity index (χ3n) is 1.62. The van der Waals surface area contributed by atoms with E-state index in [1.54, 1.807) is 17.5 Å². The van der Waals surface area contributed by atoms with Crippen molar-refractivity contribution in [3.05, 3.63) is 33.9 Å². The second-order valence-corrected chi connectivity index (χ2v) is 4.54. The van der Waals surface area contributed by atoms with Gasteiger partial charge in [-0.1, -0.05) is 6.07 Å². The Kier molecular flexibility index (Phi) is 2.42. The largest absolute Gasteiger partial charge is 0.254 e. The monoisotopic (exact) mass is 254 g/mol. The van der Waals surface area contributed by atoms with Crippen LogP contribution in [0, 0.1) is 6.92 Å². The Labute approximate surface area is 88.8 Å². The van der Waals surface area contributed by atoms with Gasteiger partial charge in [-0.3, -0.25) is 4.98 Å². The summed E-state index contributed by atoms with van der Waals surface area (Å²) >= 11 is 5.03. The van der Waals surface area contributed by atoms with E-state index in [0.29, 0.717) is 0 Å². The molecular weight excluding hydrogens is 248 g/mol. The lowest BCUT2D eigenvalue weighted by Gasteiger charge is -1.91. The van der Waals surface area contributed by atoms with Crippen LogP contribution < -0.4 is 0 Å². The van der Waals surface area contributed by atoms with Gasteiger partial charge in [0.15, 0.2) is 0 Å². The first-order valence-electron chi connectivity index (χ1n) is 3.81. The first kappa shape index (κ1) is 8.84. The molecule has 0 bridgehead atoms. The summed E-state index contributed by atoms with van der Waals surface area (Å²) in [5.74, 6) is 0. The molecule has 0 aliphatic rings. The minimum absolute atomic E-state index is 0.915. The maximum atomic E-state index is 4.35. The van der Waals surface area contributed by atoms with E-state index >= 15 is 0 Å². The number of pyridine rings is 1. The number of nitrogens with zero attached hydrogens (tertiary/aromatic N) is 2. The number of rotatable bonds is 1. The SMILES string of the molecule is Cc1sc(-c2ccccn2)nc1Br. The summed E-state index contributed by atoms with van der Waals surface area (Å²) in [6.07, 6.45) is 1.78. The van der Waals surface area contributed by atoms with Crippen LogP contribution in [0.3, 0.4) is 0 Å². The van der Waals surface area contributed by atoms with Crippen molar-refractivity contribution in [2.75, 3.05) is 0 Å². The van der Waals surface area contributed by atoms with Gasteiger partial charge in [0.1, 0.15) is 9.61 Å². The summed E-state index contributed by atoms with van der Waals surface area (Å²) in [6, 6.07) is 5.83. The molecule has 66 valence electrons. The van der Waals surface area contributed by atoms with Gasteiger partial charge in [0.2, 0.25) is 0 Å². The van der Waals surface area contributed by atoms with E-state index in [1.165, 1.54) is 4.88 Å². The highest BCUT2D eigenvalue weighted by atomic mass is 79.9. The Bertz CT molecular complexity index is 391. The Morgan fingerprint density at radius 3 is 2.77 bits per heavy atom. The summed E-state index contributed by atoms with van der Waals surface area (Å²) < 4.78 is 0.915. The number of halogens is 1. The number of thiazole rings is 1. The molecule has 2 aromatic rings. The average molecular weight is 255 g/mol. The molecule has 0 atom stereocenters. The van der Waals surface area contributed by atoms with Gasteiger partial charge in [-0.2, -0.15) is 0 Å². The van der Waals surface area contributed by atoms with Crippen LogP contribution in [0.25, 0.3) is 10.7 Å². The molecule has 0 spiro atoms. The Morgan fingerprint density at radius 1 is 1.38 bits per heavy atom. The van der Waals surface area contributed by atoms with Gasteiger partial charge in [0.05, 0.1) is 5.69 Å². The molecule has 0 N–H and O–H groups in total. The maximum absolute atomic E-state index is 4.35. The van der Waals surface area contributed by atoms with Crippen molar-refractivity contribution in [3.63, 3.8) is 0 Å². The molecule has 0 unspecified atom stereocenters. The van der Waals surface area contributed by atoms with Gasteiger partial charge in [-0.05, 0) is 35.0 Å². The quantitative estimate of drug-likeness (QED) is 0.781. The fraction of sp³-hybridized carbons (Fsp3) is 0.111. The zero-order chi connectivity index (χ0) is 9.26. The molecule has 2 rings (SSSR count). The molecule has 2 heterocycles. The van der Waals surface area contributed by atoms with Crippen LogP contribution in [-0.2, 0) is 0 Å². The lowest BCUT2D eigenvalue weighted by atomic mass is 10.4. The van der Waals surface area contributed by atoms with Gasteiger partial charge in [-0.15, -0.1) is 11.3 Å². The molecule has 0 aliphatic heterocycles. The van der Waals surface area contributed by atoms with Crippen molar-refractivity contribution in [2.45, 2.75) is 6.92 Å². The molecule has 0 radical (unpaired) electrons. The fourth-order valence-corrected chi connectivity index (χ4v) is 2.30. The molecular formula is C9H7BrN2S. The average Bonchev–Trinajstić information content (AvgIpc) is 2.49. The van der Waals surface area contributed by atoms with Crippen molar-refractivity contribution in [3.8, 4) is 10.7 Å². The molecule has 0 aliphatic carbocycles. The minimum Gasteiger partial charge on any atom is -0.254 e. The number of aromatic nitrogens is 2. The predicted octanol–water partition coefficient (Wildman–Crippen LogP) is 3.28. The van der Waals surface area contributed by atoms with Gasteiger partial charge >= 0.3 is 0 Å². The van der Waals surface area contributed by atoms with Crippen LogP contribution in [0.15, 0.2) is 29.0 Å². The van der Waals surface area contributed by atoms with Gasteiger partial charge in [0, 0.05) is 11.1 Å². The molecule has 4 heteroatoms.